The smallest absolute Gasteiger partial charge is 0.316 e. The summed E-state index contributed by atoms with van der Waals surface area (Å²) in [6.07, 6.45) is 1.04. The minimum absolute atomic E-state index is 0.0897. The van der Waals surface area contributed by atoms with Crippen LogP contribution in [0.1, 0.15) is 12.8 Å². The molecule has 4 nitrogen and oxygen atoms in total. The number of esters is 2. The number of hydrogen-bond acceptors (Lipinski definition) is 4. The molecule has 0 aromatic heterocycles. The molecule has 0 amide bonds. The zero-order valence-electron chi connectivity index (χ0n) is 7.37. The predicted molar refractivity (Wildman–Crippen MR) is 56.6 cm³/mol. The molecule has 14 heavy (non-hydrogen) atoms. The van der Waals surface area contributed by atoms with Crippen molar-refractivity contribution in [3.63, 3.8) is 0 Å². The molecule has 6 heteroatoms. The van der Waals surface area contributed by atoms with Gasteiger partial charge in [0.15, 0.2) is 0 Å². The SMILES string of the molecule is O=C(CBr)OC1CC(OC(=O)CBr)C1. The van der Waals surface area contributed by atoms with Crippen LogP contribution < -0.4 is 0 Å². The maximum Gasteiger partial charge on any atom is 0.316 e. The van der Waals surface area contributed by atoms with Gasteiger partial charge in [0, 0.05) is 12.8 Å². The molecule has 80 valence electrons. The molecule has 0 aromatic carbocycles. The van der Waals surface area contributed by atoms with Crippen molar-refractivity contribution in [1.29, 1.82) is 0 Å². The van der Waals surface area contributed by atoms with Crippen LogP contribution in [0.2, 0.25) is 0 Å². The van der Waals surface area contributed by atoms with Crippen LogP contribution in [0.15, 0.2) is 0 Å². The third-order valence-corrected chi connectivity index (χ3v) is 2.78. The Kier molecular flexibility index (Phi) is 4.88. The van der Waals surface area contributed by atoms with Crippen molar-refractivity contribution in [2.45, 2.75) is 25.0 Å². The number of rotatable bonds is 4. The van der Waals surface area contributed by atoms with Gasteiger partial charge in [-0.05, 0) is 0 Å². The quantitative estimate of drug-likeness (QED) is 0.578. The lowest BCUT2D eigenvalue weighted by Gasteiger charge is -2.33. The monoisotopic (exact) mass is 328 g/mol. The maximum absolute atomic E-state index is 10.8. The van der Waals surface area contributed by atoms with Crippen LogP contribution in [0, 0.1) is 0 Å². The second kappa shape index (κ2) is 5.70. The average molecular weight is 330 g/mol. The van der Waals surface area contributed by atoms with Crippen molar-refractivity contribution in [2.24, 2.45) is 0 Å². The van der Waals surface area contributed by atoms with Crippen LogP contribution >= 0.6 is 31.9 Å². The summed E-state index contributed by atoms with van der Waals surface area (Å²) in [7, 11) is 0. The Hall–Kier alpha value is -0.100. The fourth-order valence-electron chi connectivity index (χ4n) is 1.14. The lowest BCUT2D eigenvalue weighted by Crippen LogP contribution is -2.40. The number of carbonyl (C=O) groups is 2. The van der Waals surface area contributed by atoms with E-state index in [1.54, 1.807) is 0 Å². The first-order valence-electron chi connectivity index (χ1n) is 4.16. The molecular weight excluding hydrogens is 320 g/mol. The summed E-state index contributed by atoms with van der Waals surface area (Å²) in [4.78, 5) is 21.6. The zero-order valence-corrected chi connectivity index (χ0v) is 10.5. The Morgan fingerprint density at radius 2 is 1.36 bits per heavy atom. The van der Waals surface area contributed by atoms with E-state index in [4.69, 9.17) is 9.47 Å². The van der Waals surface area contributed by atoms with E-state index >= 15 is 0 Å². The lowest BCUT2D eigenvalue weighted by molar-refractivity contribution is -0.166. The van der Waals surface area contributed by atoms with Gasteiger partial charge in [0.1, 0.15) is 22.9 Å². The van der Waals surface area contributed by atoms with Gasteiger partial charge >= 0.3 is 11.9 Å². The van der Waals surface area contributed by atoms with Gasteiger partial charge in [0.2, 0.25) is 0 Å². The molecule has 0 aliphatic heterocycles. The van der Waals surface area contributed by atoms with Gasteiger partial charge in [-0.1, -0.05) is 31.9 Å². The Bertz CT molecular complexity index is 203. The third kappa shape index (κ3) is 3.57. The predicted octanol–water partition coefficient (Wildman–Crippen LogP) is 1.39. The van der Waals surface area contributed by atoms with Crippen molar-refractivity contribution >= 4 is 43.8 Å². The van der Waals surface area contributed by atoms with E-state index in [-0.39, 0.29) is 34.8 Å². The van der Waals surface area contributed by atoms with Crippen molar-refractivity contribution in [2.75, 3.05) is 10.7 Å². The molecule has 1 saturated carbocycles. The van der Waals surface area contributed by atoms with Gasteiger partial charge in [-0.15, -0.1) is 0 Å². The van der Waals surface area contributed by atoms with Gasteiger partial charge in [-0.2, -0.15) is 0 Å². The molecule has 0 radical (unpaired) electrons. The molecule has 1 fully saturated rings. The van der Waals surface area contributed by atoms with Crippen molar-refractivity contribution in [3.8, 4) is 0 Å². The Balaban J connectivity index is 2.11. The van der Waals surface area contributed by atoms with Gasteiger partial charge in [0.05, 0.1) is 0 Å². The molecule has 1 rings (SSSR count). The van der Waals surface area contributed by atoms with E-state index in [1.165, 1.54) is 0 Å². The summed E-state index contributed by atoms with van der Waals surface area (Å²) in [6, 6.07) is 0. The summed E-state index contributed by atoms with van der Waals surface area (Å²) in [5.41, 5.74) is 0. The molecule has 0 bridgehead atoms. The molecule has 0 unspecified atom stereocenters. The van der Waals surface area contributed by atoms with Crippen LogP contribution in [0.5, 0.6) is 0 Å². The molecule has 0 spiro atoms. The molecule has 0 saturated heterocycles. The highest BCUT2D eigenvalue weighted by atomic mass is 79.9. The number of halogens is 2. The minimum atomic E-state index is -0.278. The molecule has 0 atom stereocenters. The number of carbonyl (C=O) groups excluding carboxylic acids is 2. The fraction of sp³-hybridized carbons (Fsp3) is 0.750. The van der Waals surface area contributed by atoms with Crippen LogP contribution in [0.3, 0.4) is 0 Å². The molecule has 0 N–H and O–H groups in total. The number of hydrogen-bond donors (Lipinski definition) is 0. The maximum atomic E-state index is 10.8. The van der Waals surface area contributed by atoms with E-state index < -0.39 is 0 Å². The van der Waals surface area contributed by atoms with Crippen LogP contribution in [-0.2, 0) is 19.1 Å². The first-order chi connectivity index (χ1) is 6.65. The second-order valence-corrected chi connectivity index (χ2v) is 4.08. The van der Waals surface area contributed by atoms with Gasteiger partial charge in [-0.3, -0.25) is 9.59 Å². The van der Waals surface area contributed by atoms with Gasteiger partial charge in [0.25, 0.3) is 0 Å². The second-order valence-electron chi connectivity index (χ2n) is 2.96. The summed E-state index contributed by atoms with van der Waals surface area (Å²) in [5, 5.41) is 0.407. The highest BCUT2D eigenvalue weighted by Crippen LogP contribution is 2.26. The molecule has 1 aliphatic carbocycles. The summed E-state index contributed by atoms with van der Waals surface area (Å²) in [5.74, 6) is -0.555. The number of alkyl halides is 2. The van der Waals surface area contributed by atoms with E-state index in [2.05, 4.69) is 31.9 Å². The highest BCUT2D eigenvalue weighted by molar-refractivity contribution is 9.09. The lowest BCUT2D eigenvalue weighted by atomic mass is 9.92. The molecular formula is C8H10Br2O4. The Labute approximate surface area is 98.6 Å². The summed E-state index contributed by atoms with van der Waals surface area (Å²) in [6.45, 7) is 0. The largest absolute Gasteiger partial charge is 0.461 e. The minimum Gasteiger partial charge on any atom is -0.461 e. The van der Waals surface area contributed by atoms with E-state index in [0.29, 0.717) is 12.8 Å². The van der Waals surface area contributed by atoms with E-state index in [0.717, 1.165) is 0 Å². The standard InChI is InChI=1S/C8H10Br2O4/c9-3-7(11)13-5-1-6(2-5)14-8(12)4-10/h5-6H,1-4H2. The first kappa shape index (κ1) is 12.0. The Morgan fingerprint density at radius 3 is 1.64 bits per heavy atom. The van der Waals surface area contributed by atoms with Gasteiger partial charge in [-0.25, -0.2) is 0 Å². The van der Waals surface area contributed by atoms with Crippen LogP contribution in [0.25, 0.3) is 0 Å². The number of ether oxygens (including phenoxy) is 2. The molecule has 0 aromatic rings. The van der Waals surface area contributed by atoms with E-state index in [9.17, 15) is 9.59 Å². The first-order valence-corrected chi connectivity index (χ1v) is 6.41. The third-order valence-electron chi connectivity index (χ3n) is 1.87. The van der Waals surface area contributed by atoms with Crippen molar-refractivity contribution < 1.29 is 19.1 Å². The average Bonchev–Trinajstić information content (AvgIpc) is 2.13. The highest BCUT2D eigenvalue weighted by Gasteiger charge is 2.34. The van der Waals surface area contributed by atoms with Crippen molar-refractivity contribution in [1.82, 2.24) is 0 Å². The Morgan fingerprint density at radius 1 is 1.00 bits per heavy atom. The van der Waals surface area contributed by atoms with E-state index in [1.807, 2.05) is 0 Å². The topological polar surface area (TPSA) is 52.6 Å². The zero-order chi connectivity index (χ0) is 10.6. The molecule has 1 aliphatic rings. The summed E-state index contributed by atoms with van der Waals surface area (Å²) < 4.78 is 9.98. The van der Waals surface area contributed by atoms with Crippen LogP contribution in [0.4, 0.5) is 0 Å². The van der Waals surface area contributed by atoms with Crippen molar-refractivity contribution in [3.05, 3.63) is 0 Å². The fourth-order valence-corrected chi connectivity index (χ4v) is 1.41. The van der Waals surface area contributed by atoms with Crippen LogP contribution in [-0.4, -0.2) is 34.8 Å². The summed E-state index contributed by atoms with van der Waals surface area (Å²) >= 11 is 5.99. The van der Waals surface area contributed by atoms with Gasteiger partial charge < -0.3 is 9.47 Å². The molecule has 0 heterocycles. The normalized spacial score (nSPS) is 25.0.